The Morgan fingerprint density at radius 3 is 2.50 bits per heavy atom. The quantitative estimate of drug-likeness (QED) is 0.854. The molecular weight excluding hydrogens is 256 g/mol. The molecule has 1 amide bonds. The second kappa shape index (κ2) is 4.75. The van der Waals surface area contributed by atoms with Crippen molar-refractivity contribution in [1.29, 1.82) is 0 Å². The molecular formula is C14H22N4O2. The first-order chi connectivity index (χ1) is 9.42. The molecule has 2 aliphatic rings. The van der Waals surface area contributed by atoms with E-state index in [-0.39, 0.29) is 6.09 Å². The van der Waals surface area contributed by atoms with Crippen LogP contribution in [0.2, 0.25) is 0 Å². The van der Waals surface area contributed by atoms with E-state index in [0.717, 1.165) is 31.6 Å². The number of hydrogen-bond donors (Lipinski definition) is 1. The average molecular weight is 278 g/mol. The third-order valence-electron chi connectivity index (χ3n) is 4.25. The number of aromatic amines is 1. The number of nitrogens with zero attached hydrogens (tertiary/aromatic N) is 3. The van der Waals surface area contributed by atoms with Crippen LogP contribution in [-0.2, 0) is 4.74 Å². The summed E-state index contributed by atoms with van der Waals surface area (Å²) in [6.07, 6.45) is 3.83. The Kier molecular flexibility index (Phi) is 3.18. The van der Waals surface area contributed by atoms with Gasteiger partial charge in [-0.15, -0.1) is 0 Å². The molecule has 2 fully saturated rings. The van der Waals surface area contributed by atoms with Gasteiger partial charge in [0.2, 0.25) is 0 Å². The van der Waals surface area contributed by atoms with E-state index in [0.29, 0.717) is 17.8 Å². The van der Waals surface area contributed by atoms with Crippen molar-refractivity contribution in [3.63, 3.8) is 0 Å². The highest BCUT2D eigenvalue weighted by Crippen LogP contribution is 2.45. The lowest BCUT2D eigenvalue weighted by Crippen LogP contribution is -2.36. The largest absolute Gasteiger partial charge is 0.444 e. The molecule has 6 heteroatoms. The van der Waals surface area contributed by atoms with E-state index in [2.05, 4.69) is 15.4 Å². The number of fused-ring (bicyclic) bond motifs is 1. The molecule has 0 aromatic carbocycles. The minimum atomic E-state index is -0.419. The summed E-state index contributed by atoms with van der Waals surface area (Å²) in [6.45, 7) is 7.34. The molecule has 1 aromatic heterocycles. The van der Waals surface area contributed by atoms with Gasteiger partial charge in [0.15, 0.2) is 0 Å². The zero-order chi connectivity index (χ0) is 14.3. The molecule has 0 spiro atoms. The first-order valence-electron chi connectivity index (χ1n) is 7.26. The summed E-state index contributed by atoms with van der Waals surface area (Å²) in [5, 5.41) is 10.8. The Bertz CT molecular complexity index is 466. The Hall–Kier alpha value is -1.59. The Morgan fingerprint density at radius 2 is 2.00 bits per heavy atom. The molecule has 1 aromatic rings. The highest BCUT2D eigenvalue weighted by atomic mass is 16.6. The summed E-state index contributed by atoms with van der Waals surface area (Å²) in [7, 11) is 0. The van der Waals surface area contributed by atoms with Crippen LogP contribution in [0.3, 0.4) is 0 Å². The van der Waals surface area contributed by atoms with Crippen LogP contribution in [0.15, 0.2) is 6.20 Å². The van der Waals surface area contributed by atoms with Gasteiger partial charge in [-0.25, -0.2) is 4.79 Å². The fourth-order valence-corrected chi connectivity index (χ4v) is 3.42. The SMILES string of the molecule is CC(C)(C)OC(=O)N1CC2CC(c3cn[nH]n3)CC2C1. The molecule has 1 saturated heterocycles. The van der Waals surface area contributed by atoms with Crippen LogP contribution in [0.25, 0.3) is 0 Å². The van der Waals surface area contributed by atoms with Crippen molar-refractivity contribution < 1.29 is 9.53 Å². The number of aromatic nitrogens is 3. The molecule has 3 rings (SSSR count). The van der Waals surface area contributed by atoms with Crippen LogP contribution in [-0.4, -0.2) is 45.1 Å². The maximum Gasteiger partial charge on any atom is 0.410 e. The van der Waals surface area contributed by atoms with Crippen molar-refractivity contribution in [2.45, 2.75) is 45.1 Å². The zero-order valence-electron chi connectivity index (χ0n) is 12.3. The highest BCUT2D eigenvalue weighted by Gasteiger charge is 2.44. The van der Waals surface area contributed by atoms with E-state index < -0.39 is 5.60 Å². The Balaban J connectivity index is 1.57. The Labute approximate surface area is 118 Å². The summed E-state index contributed by atoms with van der Waals surface area (Å²) in [5.74, 6) is 1.64. The molecule has 110 valence electrons. The normalized spacial score (nSPS) is 29.6. The third-order valence-corrected chi connectivity index (χ3v) is 4.25. The first kappa shape index (κ1) is 13.4. The van der Waals surface area contributed by atoms with Crippen LogP contribution in [0.5, 0.6) is 0 Å². The summed E-state index contributed by atoms with van der Waals surface area (Å²) in [4.78, 5) is 13.9. The number of nitrogens with one attached hydrogen (secondary N) is 1. The molecule has 1 saturated carbocycles. The summed E-state index contributed by atoms with van der Waals surface area (Å²) in [6, 6.07) is 0. The van der Waals surface area contributed by atoms with E-state index in [9.17, 15) is 4.79 Å². The van der Waals surface area contributed by atoms with Gasteiger partial charge in [0.05, 0.1) is 11.9 Å². The zero-order valence-corrected chi connectivity index (χ0v) is 12.3. The van der Waals surface area contributed by atoms with Crippen molar-refractivity contribution in [2.24, 2.45) is 11.8 Å². The average Bonchev–Trinajstić information content (AvgIpc) is 3.01. The number of amides is 1. The van der Waals surface area contributed by atoms with Gasteiger partial charge in [0.25, 0.3) is 0 Å². The van der Waals surface area contributed by atoms with Crippen molar-refractivity contribution in [3.05, 3.63) is 11.9 Å². The van der Waals surface area contributed by atoms with Crippen LogP contribution in [0.1, 0.15) is 45.2 Å². The minimum absolute atomic E-state index is 0.176. The van der Waals surface area contributed by atoms with E-state index in [1.807, 2.05) is 31.9 Å². The number of carbonyl (C=O) groups is 1. The van der Waals surface area contributed by atoms with Crippen molar-refractivity contribution in [3.8, 4) is 0 Å². The van der Waals surface area contributed by atoms with Gasteiger partial charge in [0.1, 0.15) is 5.60 Å². The number of hydrogen-bond acceptors (Lipinski definition) is 4. The molecule has 20 heavy (non-hydrogen) atoms. The summed E-state index contributed by atoms with van der Waals surface area (Å²) in [5.41, 5.74) is 0.640. The number of ether oxygens (including phenoxy) is 1. The van der Waals surface area contributed by atoms with Gasteiger partial charge < -0.3 is 9.64 Å². The van der Waals surface area contributed by atoms with Crippen LogP contribution >= 0.6 is 0 Å². The fraction of sp³-hybridized carbons (Fsp3) is 0.786. The highest BCUT2D eigenvalue weighted by molar-refractivity contribution is 5.68. The van der Waals surface area contributed by atoms with Gasteiger partial charge in [-0.1, -0.05) is 0 Å². The van der Waals surface area contributed by atoms with Crippen LogP contribution in [0, 0.1) is 11.8 Å². The number of rotatable bonds is 1. The lowest BCUT2D eigenvalue weighted by atomic mass is 10.0. The second-order valence-corrected chi connectivity index (χ2v) is 6.97. The van der Waals surface area contributed by atoms with E-state index in [1.165, 1.54) is 0 Å². The standard InChI is InChI=1S/C14H22N4O2/c1-14(2,3)20-13(19)18-7-10-4-9(5-11(10)8-18)12-6-15-17-16-12/h6,9-11H,4-5,7-8H2,1-3H3,(H,15,16,17). The van der Waals surface area contributed by atoms with Crippen molar-refractivity contribution in [1.82, 2.24) is 20.3 Å². The molecule has 0 bridgehead atoms. The maximum absolute atomic E-state index is 12.1. The molecule has 6 nitrogen and oxygen atoms in total. The van der Waals surface area contributed by atoms with Crippen LogP contribution < -0.4 is 0 Å². The molecule has 1 N–H and O–H groups in total. The topological polar surface area (TPSA) is 71.1 Å². The Morgan fingerprint density at radius 1 is 1.35 bits per heavy atom. The molecule has 2 atom stereocenters. The van der Waals surface area contributed by atoms with Crippen LogP contribution in [0.4, 0.5) is 4.79 Å². The third kappa shape index (κ3) is 2.64. The van der Waals surface area contributed by atoms with E-state index in [4.69, 9.17) is 4.74 Å². The summed E-state index contributed by atoms with van der Waals surface area (Å²) < 4.78 is 5.45. The monoisotopic (exact) mass is 278 g/mol. The number of H-pyrrole nitrogens is 1. The molecule has 0 radical (unpaired) electrons. The molecule has 1 aliphatic heterocycles. The summed E-state index contributed by atoms with van der Waals surface area (Å²) >= 11 is 0. The first-order valence-corrected chi connectivity index (χ1v) is 7.26. The second-order valence-electron chi connectivity index (χ2n) is 6.97. The van der Waals surface area contributed by atoms with E-state index >= 15 is 0 Å². The van der Waals surface area contributed by atoms with Gasteiger partial charge in [-0.05, 0) is 45.4 Å². The molecule has 2 heterocycles. The predicted octanol–water partition coefficient (Wildman–Crippen LogP) is 2.17. The van der Waals surface area contributed by atoms with Gasteiger partial charge >= 0.3 is 6.09 Å². The van der Waals surface area contributed by atoms with Gasteiger partial charge in [-0.2, -0.15) is 15.4 Å². The number of likely N-dealkylation sites (tertiary alicyclic amines) is 1. The molecule has 2 unspecified atom stereocenters. The minimum Gasteiger partial charge on any atom is -0.444 e. The van der Waals surface area contributed by atoms with Gasteiger partial charge in [0, 0.05) is 19.0 Å². The van der Waals surface area contributed by atoms with Crippen molar-refractivity contribution >= 4 is 6.09 Å². The lowest BCUT2D eigenvalue weighted by molar-refractivity contribution is 0.0279. The maximum atomic E-state index is 12.1. The number of carbonyl (C=O) groups excluding carboxylic acids is 1. The predicted molar refractivity (Wildman–Crippen MR) is 73.1 cm³/mol. The fourth-order valence-electron chi connectivity index (χ4n) is 3.42. The smallest absolute Gasteiger partial charge is 0.410 e. The van der Waals surface area contributed by atoms with Gasteiger partial charge in [-0.3, -0.25) is 0 Å². The van der Waals surface area contributed by atoms with E-state index in [1.54, 1.807) is 0 Å². The lowest BCUT2D eigenvalue weighted by Gasteiger charge is -2.25. The van der Waals surface area contributed by atoms with Crippen molar-refractivity contribution in [2.75, 3.05) is 13.1 Å². The molecule has 1 aliphatic carbocycles.